The fourth-order valence-corrected chi connectivity index (χ4v) is 2.81. The summed E-state index contributed by atoms with van der Waals surface area (Å²) < 4.78 is 0. The van der Waals surface area contributed by atoms with Gasteiger partial charge in [-0.2, -0.15) is 0 Å². The van der Waals surface area contributed by atoms with Gasteiger partial charge in [0.1, 0.15) is 0 Å². The highest BCUT2D eigenvalue weighted by Gasteiger charge is 2.21. The van der Waals surface area contributed by atoms with E-state index in [0.29, 0.717) is 0 Å². The Balaban J connectivity index is 0.000000181. The molecule has 1 fully saturated rings. The third-order valence-electron chi connectivity index (χ3n) is 4.10. The molecule has 0 aromatic heterocycles. The quantitative estimate of drug-likeness (QED) is 0.673. The largest absolute Gasteiger partial charge is 0.346 e. The third kappa shape index (κ3) is 5.96. The van der Waals surface area contributed by atoms with Crippen molar-refractivity contribution in [1.82, 2.24) is 5.32 Å². The minimum absolute atomic E-state index is 0.484. The van der Waals surface area contributed by atoms with Gasteiger partial charge in [-0.25, -0.2) is 0 Å². The minimum atomic E-state index is -0.780. The Kier molecular flexibility index (Phi) is 7.03. The van der Waals surface area contributed by atoms with E-state index < -0.39 is 21.2 Å². The molecule has 7 heteroatoms. The number of nitro groups is 2. The van der Waals surface area contributed by atoms with E-state index in [-0.39, 0.29) is 0 Å². The normalized spacial score (nSPS) is 14.2. The fourth-order valence-electron chi connectivity index (χ4n) is 2.81. The summed E-state index contributed by atoms with van der Waals surface area (Å²) >= 11 is 0. The minimum Gasteiger partial charge on any atom is -0.317 e. The van der Waals surface area contributed by atoms with Crippen LogP contribution < -0.4 is 5.32 Å². The third-order valence-corrected chi connectivity index (χ3v) is 4.10. The maximum Gasteiger partial charge on any atom is 0.346 e. The maximum absolute atomic E-state index is 10.2. The Morgan fingerprint density at radius 1 is 0.840 bits per heavy atom. The van der Waals surface area contributed by atoms with E-state index in [0.717, 1.165) is 18.1 Å². The van der Waals surface area contributed by atoms with E-state index in [1.54, 1.807) is 0 Å². The molecule has 1 aliphatic heterocycles. The molecule has 1 saturated heterocycles. The molecule has 0 bridgehead atoms. The lowest BCUT2D eigenvalue weighted by Crippen LogP contribution is -2.28. The molecule has 0 unspecified atom stereocenters. The van der Waals surface area contributed by atoms with E-state index in [1.807, 2.05) is 0 Å². The van der Waals surface area contributed by atoms with Gasteiger partial charge in [0.05, 0.1) is 9.85 Å². The molecule has 1 aliphatic rings. The highest BCUT2D eigenvalue weighted by molar-refractivity contribution is 5.51. The van der Waals surface area contributed by atoms with Gasteiger partial charge in [-0.15, -0.1) is 0 Å². The molecule has 1 N–H and O–H groups in total. The Hall–Kier alpha value is -2.80. The maximum atomic E-state index is 10.2. The molecule has 132 valence electrons. The van der Waals surface area contributed by atoms with Gasteiger partial charge >= 0.3 is 11.4 Å². The summed E-state index contributed by atoms with van der Waals surface area (Å²) in [6.07, 6.45) is 3.95. The van der Waals surface area contributed by atoms with Crippen LogP contribution in [0.15, 0.2) is 54.6 Å². The number of hydrogen-bond acceptors (Lipinski definition) is 5. The average molecular weight is 343 g/mol. The van der Waals surface area contributed by atoms with E-state index >= 15 is 0 Å². The Morgan fingerprint density at radius 2 is 1.32 bits per heavy atom. The van der Waals surface area contributed by atoms with Gasteiger partial charge in [0.2, 0.25) is 0 Å². The van der Waals surface area contributed by atoms with Crippen molar-refractivity contribution < 1.29 is 9.85 Å². The van der Waals surface area contributed by atoms with Gasteiger partial charge in [-0.05, 0) is 43.8 Å². The first-order valence-electron chi connectivity index (χ1n) is 8.20. The van der Waals surface area contributed by atoms with Gasteiger partial charge in [0.15, 0.2) is 0 Å². The molecule has 7 nitrogen and oxygen atoms in total. The molecule has 0 radical (unpaired) electrons. The fraction of sp³-hybridized carbons (Fsp3) is 0.333. The van der Waals surface area contributed by atoms with Crippen molar-refractivity contribution in [2.75, 3.05) is 13.1 Å². The molecule has 3 rings (SSSR count). The Labute approximate surface area is 146 Å². The van der Waals surface area contributed by atoms with Crippen molar-refractivity contribution in [3.8, 4) is 0 Å². The van der Waals surface area contributed by atoms with Crippen molar-refractivity contribution in [2.45, 2.75) is 19.3 Å². The number of benzene rings is 2. The van der Waals surface area contributed by atoms with Gasteiger partial charge in [0, 0.05) is 12.1 Å². The first kappa shape index (κ1) is 18.5. The van der Waals surface area contributed by atoms with Crippen LogP contribution >= 0.6 is 0 Å². The Morgan fingerprint density at radius 3 is 1.80 bits per heavy atom. The predicted molar refractivity (Wildman–Crippen MR) is 95.5 cm³/mol. The van der Waals surface area contributed by atoms with Crippen LogP contribution in [0.2, 0.25) is 0 Å². The lowest BCUT2D eigenvalue weighted by Gasteiger charge is -2.22. The Bertz CT molecular complexity index is 667. The second kappa shape index (κ2) is 9.48. The highest BCUT2D eigenvalue weighted by atomic mass is 16.6. The number of nitrogens with zero attached hydrogens (tertiary/aromatic N) is 2. The van der Waals surface area contributed by atoms with Gasteiger partial charge in [-0.1, -0.05) is 42.5 Å². The van der Waals surface area contributed by atoms with Crippen LogP contribution in [0.25, 0.3) is 0 Å². The summed E-state index contributed by atoms with van der Waals surface area (Å²) in [4.78, 5) is 18.9. The van der Waals surface area contributed by atoms with Gasteiger partial charge in [0.25, 0.3) is 0 Å². The summed E-state index contributed by atoms with van der Waals surface area (Å²) in [6, 6.07) is 15.8. The number of rotatable bonds is 4. The zero-order valence-electron chi connectivity index (χ0n) is 13.8. The monoisotopic (exact) mass is 343 g/mol. The molecule has 0 aliphatic carbocycles. The molecule has 25 heavy (non-hydrogen) atoms. The van der Waals surface area contributed by atoms with Crippen molar-refractivity contribution in [3.63, 3.8) is 0 Å². The molecule has 0 spiro atoms. The number of hydrogen-bond donors (Lipinski definition) is 1. The van der Waals surface area contributed by atoms with Crippen molar-refractivity contribution in [3.05, 3.63) is 80.4 Å². The van der Waals surface area contributed by atoms with Crippen LogP contribution in [0.1, 0.15) is 18.4 Å². The standard InChI is InChI=1S/C12H17N.C6H4N2O4/c1-2-4-11(5-3-1)10-12-6-8-13-9-7-12;9-7(10)5-3-1-2-4-6(5)8(11)12/h1-5,12-13H,6-10H2;1-4H. The first-order valence-corrected chi connectivity index (χ1v) is 8.20. The molecule has 0 amide bonds. The van der Waals surface area contributed by atoms with Crippen LogP contribution in [-0.4, -0.2) is 22.9 Å². The van der Waals surface area contributed by atoms with Crippen LogP contribution in [0.3, 0.4) is 0 Å². The molecule has 0 atom stereocenters. The highest BCUT2D eigenvalue weighted by Crippen LogP contribution is 2.24. The summed E-state index contributed by atoms with van der Waals surface area (Å²) in [6.45, 7) is 2.41. The molecule has 0 saturated carbocycles. The molecule has 2 aromatic carbocycles. The predicted octanol–water partition coefficient (Wildman–Crippen LogP) is 3.73. The van der Waals surface area contributed by atoms with Gasteiger partial charge in [-0.3, -0.25) is 20.2 Å². The molecule has 2 aromatic rings. The zero-order chi connectivity index (χ0) is 18.1. The van der Waals surface area contributed by atoms with Crippen LogP contribution in [0.5, 0.6) is 0 Å². The first-order chi connectivity index (χ1) is 12.1. The number of nitrogens with one attached hydrogen (secondary N) is 1. The second-order valence-corrected chi connectivity index (χ2v) is 5.89. The van der Waals surface area contributed by atoms with Crippen molar-refractivity contribution in [2.24, 2.45) is 5.92 Å². The smallest absolute Gasteiger partial charge is 0.317 e. The summed E-state index contributed by atoms with van der Waals surface area (Å²) in [5, 5.41) is 23.9. The van der Waals surface area contributed by atoms with E-state index in [1.165, 1.54) is 50.0 Å². The zero-order valence-corrected chi connectivity index (χ0v) is 13.8. The summed E-state index contributed by atoms with van der Waals surface area (Å²) in [5.74, 6) is 0.906. The topological polar surface area (TPSA) is 98.3 Å². The number of piperidine rings is 1. The van der Waals surface area contributed by atoms with E-state index in [4.69, 9.17) is 0 Å². The summed E-state index contributed by atoms with van der Waals surface area (Å²) in [7, 11) is 0. The van der Waals surface area contributed by atoms with Crippen molar-refractivity contribution >= 4 is 11.4 Å². The second-order valence-electron chi connectivity index (χ2n) is 5.89. The lowest BCUT2D eigenvalue weighted by molar-refractivity contribution is -0.422. The molecular weight excluding hydrogens is 322 g/mol. The van der Waals surface area contributed by atoms with E-state index in [2.05, 4.69) is 35.6 Å². The van der Waals surface area contributed by atoms with Crippen LogP contribution in [0.4, 0.5) is 11.4 Å². The van der Waals surface area contributed by atoms with Gasteiger partial charge < -0.3 is 5.32 Å². The summed E-state index contributed by atoms with van der Waals surface area (Å²) in [5.41, 5.74) is 0.527. The number of nitro benzene ring substituents is 2. The SMILES string of the molecule is O=[N+]([O-])c1ccccc1[N+](=O)[O-].c1ccc(CC2CCNCC2)cc1. The van der Waals surface area contributed by atoms with E-state index in [9.17, 15) is 20.2 Å². The molecule has 1 heterocycles. The lowest BCUT2D eigenvalue weighted by atomic mass is 9.91. The van der Waals surface area contributed by atoms with Crippen LogP contribution in [0, 0.1) is 26.1 Å². The average Bonchev–Trinajstić information content (AvgIpc) is 2.64. The van der Waals surface area contributed by atoms with Crippen molar-refractivity contribution in [1.29, 1.82) is 0 Å². The number of para-hydroxylation sites is 2. The van der Waals surface area contributed by atoms with Crippen LogP contribution in [-0.2, 0) is 6.42 Å². The molecular formula is C18H21N3O4.